The van der Waals surface area contributed by atoms with Crippen molar-refractivity contribution < 1.29 is 14.6 Å². The normalized spacial score (nSPS) is 48.9. The fourth-order valence-corrected chi connectivity index (χ4v) is 10.3. The van der Waals surface area contributed by atoms with Crippen LogP contribution in [0.2, 0.25) is 0 Å². The summed E-state index contributed by atoms with van der Waals surface area (Å²) >= 11 is 0. The highest BCUT2D eigenvalue weighted by Gasteiger charge is 2.64. The van der Waals surface area contributed by atoms with E-state index < -0.39 is 0 Å². The van der Waals surface area contributed by atoms with Gasteiger partial charge in [0.25, 0.3) is 0 Å². The van der Waals surface area contributed by atoms with Gasteiger partial charge in [-0.2, -0.15) is 0 Å². The van der Waals surface area contributed by atoms with E-state index in [4.69, 9.17) is 4.74 Å². The zero-order valence-electron chi connectivity index (χ0n) is 23.2. The molecule has 0 radical (unpaired) electrons. The molecule has 4 aliphatic carbocycles. The highest BCUT2D eigenvalue weighted by atomic mass is 16.6. The van der Waals surface area contributed by atoms with Crippen LogP contribution in [0.5, 0.6) is 0 Å². The molecular formula is C31H50O3. The number of rotatable bonds is 3. The molecule has 5 rings (SSSR count). The van der Waals surface area contributed by atoms with Crippen LogP contribution >= 0.6 is 0 Å². The van der Waals surface area contributed by atoms with Crippen LogP contribution in [0.15, 0.2) is 11.1 Å². The first-order valence-electron chi connectivity index (χ1n) is 14.4. The van der Waals surface area contributed by atoms with Crippen LogP contribution in [0.4, 0.5) is 0 Å². The number of fused-ring (bicyclic) bond motifs is 4. The molecule has 0 aromatic carbocycles. The summed E-state index contributed by atoms with van der Waals surface area (Å²) in [6, 6.07) is 0. The molecule has 5 unspecified atom stereocenters. The van der Waals surface area contributed by atoms with Crippen molar-refractivity contribution >= 4 is 5.97 Å². The zero-order valence-corrected chi connectivity index (χ0v) is 23.2. The quantitative estimate of drug-likeness (QED) is 0.347. The largest absolute Gasteiger partial charge is 0.462 e. The Morgan fingerprint density at radius 3 is 2.26 bits per heavy atom. The first-order valence-corrected chi connectivity index (χ1v) is 14.4. The van der Waals surface area contributed by atoms with Gasteiger partial charge in [-0.25, -0.2) is 0 Å². The molecule has 1 heterocycles. The molecule has 1 N–H and O–H groups in total. The van der Waals surface area contributed by atoms with Gasteiger partial charge in [-0.05, 0) is 103 Å². The second-order valence-electron chi connectivity index (χ2n) is 14.7. The summed E-state index contributed by atoms with van der Waals surface area (Å²) in [6.07, 6.45) is 10.4. The maximum atomic E-state index is 12.6. The van der Waals surface area contributed by atoms with E-state index in [0.29, 0.717) is 23.7 Å². The molecule has 3 fully saturated rings. The molecule has 0 bridgehead atoms. The van der Waals surface area contributed by atoms with Crippen molar-refractivity contribution in [3.8, 4) is 0 Å². The summed E-state index contributed by atoms with van der Waals surface area (Å²) in [6.45, 7) is 19.1. The third-order valence-electron chi connectivity index (χ3n) is 12.9. The molecule has 3 heteroatoms. The van der Waals surface area contributed by atoms with Gasteiger partial charge in [0.05, 0.1) is 12.0 Å². The number of allylic oxidation sites excluding steroid dienone is 2. The number of carbonyl (C=O) groups excluding carboxylic acids is 1. The second-order valence-corrected chi connectivity index (χ2v) is 14.7. The molecular weight excluding hydrogens is 420 g/mol. The molecule has 0 aromatic rings. The topological polar surface area (TPSA) is 46.5 Å². The Hall–Kier alpha value is -0.830. The van der Waals surface area contributed by atoms with Crippen LogP contribution in [-0.4, -0.2) is 23.3 Å². The standard InChI is InChI=1S/C31H50O3/c1-18(2)20-17-24(34-27(20)33)19(3)21-11-15-31(8)23-9-10-25-28(4,5)26(32)13-14-29(25,6)22(23)12-16-30(21,31)7/h18-21,24-26,32H,9-17H2,1-8H3/t19?,20?,21?,24?,25?,26-,29+,30+,31-/m0/s1. The molecule has 0 aromatic heterocycles. The number of aliphatic hydroxyl groups is 1. The molecule has 5 aliphatic rings. The lowest BCUT2D eigenvalue weighted by molar-refractivity contribution is -0.148. The minimum Gasteiger partial charge on any atom is -0.462 e. The van der Waals surface area contributed by atoms with E-state index in [1.807, 2.05) is 0 Å². The fourth-order valence-electron chi connectivity index (χ4n) is 10.3. The van der Waals surface area contributed by atoms with Crippen LogP contribution in [-0.2, 0) is 9.53 Å². The smallest absolute Gasteiger partial charge is 0.309 e. The Bertz CT molecular complexity index is 885. The third kappa shape index (κ3) is 3.13. The Morgan fingerprint density at radius 1 is 0.912 bits per heavy atom. The van der Waals surface area contributed by atoms with Crippen molar-refractivity contribution in [2.45, 2.75) is 125 Å². The number of cyclic esters (lactones) is 1. The third-order valence-corrected chi connectivity index (χ3v) is 12.9. The van der Waals surface area contributed by atoms with Crippen molar-refractivity contribution in [3.63, 3.8) is 0 Å². The zero-order chi connectivity index (χ0) is 24.8. The van der Waals surface area contributed by atoms with Crippen molar-refractivity contribution in [2.24, 2.45) is 51.2 Å². The first kappa shape index (κ1) is 24.8. The molecule has 3 nitrogen and oxygen atoms in total. The number of aliphatic hydroxyl groups excluding tert-OH is 1. The maximum absolute atomic E-state index is 12.6. The van der Waals surface area contributed by atoms with E-state index in [1.54, 1.807) is 11.1 Å². The maximum Gasteiger partial charge on any atom is 0.309 e. The van der Waals surface area contributed by atoms with E-state index in [2.05, 4.69) is 55.4 Å². The number of esters is 1. The lowest BCUT2D eigenvalue weighted by Crippen LogP contribution is -2.55. The van der Waals surface area contributed by atoms with Crippen molar-refractivity contribution in [1.82, 2.24) is 0 Å². The van der Waals surface area contributed by atoms with E-state index in [9.17, 15) is 9.90 Å². The molecule has 1 saturated heterocycles. The molecule has 34 heavy (non-hydrogen) atoms. The van der Waals surface area contributed by atoms with E-state index in [-0.39, 0.29) is 45.8 Å². The lowest BCUT2D eigenvalue weighted by Gasteiger charge is -2.62. The van der Waals surface area contributed by atoms with Crippen molar-refractivity contribution in [1.29, 1.82) is 0 Å². The van der Waals surface area contributed by atoms with Gasteiger partial charge in [0.15, 0.2) is 0 Å². The summed E-state index contributed by atoms with van der Waals surface area (Å²) < 4.78 is 6.02. The number of ether oxygens (including phenoxy) is 1. The summed E-state index contributed by atoms with van der Waals surface area (Å²) in [5.41, 5.74) is 4.36. The van der Waals surface area contributed by atoms with Gasteiger partial charge >= 0.3 is 5.97 Å². The van der Waals surface area contributed by atoms with Crippen LogP contribution in [0, 0.1) is 51.2 Å². The van der Waals surface area contributed by atoms with Crippen LogP contribution in [0.3, 0.4) is 0 Å². The Balaban J connectivity index is 1.45. The predicted octanol–water partition coefficient (Wildman–Crippen LogP) is 7.32. The average molecular weight is 471 g/mol. The van der Waals surface area contributed by atoms with Gasteiger partial charge in [-0.15, -0.1) is 0 Å². The van der Waals surface area contributed by atoms with Crippen LogP contribution < -0.4 is 0 Å². The van der Waals surface area contributed by atoms with Gasteiger partial charge < -0.3 is 9.84 Å². The summed E-state index contributed by atoms with van der Waals surface area (Å²) in [7, 11) is 0. The van der Waals surface area contributed by atoms with Crippen LogP contribution in [0.25, 0.3) is 0 Å². The van der Waals surface area contributed by atoms with Gasteiger partial charge in [0, 0.05) is 0 Å². The number of hydrogen-bond acceptors (Lipinski definition) is 3. The minimum absolute atomic E-state index is 0.000778. The SMILES string of the molecule is CC(C)C1CC(C(C)C2CC[C@@]3(C)C4=C(CC[C@]23C)[C@@]2(C)CC[C@H](O)C(C)(C)C2CC4)OC1=O. The van der Waals surface area contributed by atoms with Gasteiger partial charge in [0.1, 0.15) is 6.10 Å². The van der Waals surface area contributed by atoms with E-state index >= 15 is 0 Å². The van der Waals surface area contributed by atoms with E-state index in [1.165, 1.54) is 38.5 Å². The minimum atomic E-state index is -0.169. The highest BCUT2D eigenvalue weighted by molar-refractivity contribution is 5.75. The Kier molecular flexibility index (Phi) is 5.72. The Labute approximate surface area is 208 Å². The number of carbonyl (C=O) groups is 1. The summed E-state index contributed by atoms with van der Waals surface area (Å²) in [5.74, 6) is 2.11. The first-order chi connectivity index (χ1) is 15.8. The number of hydrogen-bond donors (Lipinski definition) is 1. The molecule has 1 aliphatic heterocycles. The van der Waals surface area contributed by atoms with Crippen molar-refractivity contribution in [2.75, 3.05) is 0 Å². The summed E-state index contributed by atoms with van der Waals surface area (Å²) in [4.78, 5) is 12.6. The lowest BCUT2D eigenvalue weighted by atomic mass is 9.43. The molecule has 0 spiro atoms. The van der Waals surface area contributed by atoms with Gasteiger partial charge in [-0.3, -0.25) is 4.79 Å². The monoisotopic (exact) mass is 470 g/mol. The van der Waals surface area contributed by atoms with Crippen LogP contribution in [0.1, 0.15) is 113 Å². The average Bonchev–Trinajstić information content (AvgIpc) is 3.28. The summed E-state index contributed by atoms with van der Waals surface area (Å²) in [5, 5.41) is 10.8. The molecule has 9 atom stereocenters. The predicted molar refractivity (Wildman–Crippen MR) is 137 cm³/mol. The Morgan fingerprint density at radius 2 is 1.62 bits per heavy atom. The van der Waals surface area contributed by atoms with Gasteiger partial charge in [0.2, 0.25) is 0 Å². The second kappa shape index (κ2) is 7.83. The molecule has 2 saturated carbocycles. The fraction of sp³-hybridized carbons (Fsp3) is 0.903. The molecule has 0 amide bonds. The highest BCUT2D eigenvalue weighted by Crippen LogP contribution is 2.72. The van der Waals surface area contributed by atoms with Crippen molar-refractivity contribution in [3.05, 3.63) is 11.1 Å². The van der Waals surface area contributed by atoms with Gasteiger partial charge in [-0.1, -0.05) is 66.5 Å². The van der Waals surface area contributed by atoms with E-state index in [0.717, 1.165) is 19.3 Å². The molecule has 192 valence electrons.